The highest BCUT2D eigenvalue weighted by Gasteiger charge is 2.36. The van der Waals surface area contributed by atoms with Gasteiger partial charge in [0.15, 0.2) is 0 Å². The molecule has 0 radical (unpaired) electrons. The van der Waals surface area contributed by atoms with Gasteiger partial charge in [-0.3, -0.25) is 0 Å². The normalized spacial score (nSPS) is 27.4. The van der Waals surface area contributed by atoms with Gasteiger partial charge in [-0.15, -0.1) is 0 Å². The van der Waals surface area contributed by atoms with Gasteiger partial charge in [0.1, 0.15) is 0 Å². The molecule has 1 aromatic carbocycles. The molecule has 0 spiro atoms. The molecule has 1 aliphatic heterocycles. The van der Waals surface area contributed by atoms with Crippen LogP contribution in [0.15, 0.2) is 18.2 Å². The quantitative estimate of drug-likeness (QED) is 0.910. The summed E-state index contributed by atoms with van der Waals surface area (Å²) < 4.78 is 0. The summed E-state index contributed by atoms with van der Waals surface area (Å²) in [6.07, 6.45) is 8.05. The molecular weight excluding hydrogens is 244 g/mol. The molecule has 0 bridgehead atoms. The van der Waals surface area contributed by atoms with E-state index in [9.17, 15) is 0 Å². The molecule has 110 valence electrons. The lowest BCUT2D eigenvalue weighted by Gasteiger charge is -2.34. The van der Waals surface area contributed by atoms with Gasteiger partial charge in [0, 0.05) is 24.3 Å². The lowest BCUT2D eigenvalue weighted by atomic mass is 9.85. The predicted octanol–water partition coefficient (Wildman–Crippen LogP) is 3.65. The first-order valence-electron chi connectivity index (χ1n) is 8.27. The SMILES string of the molecule is Cc1ccc(N2CCC3CCCCC32)c(CC(C)N)c1. The van der Waals surface area contributed by atoms with E-state index < -0.39 is 0 Å². The summed E-state index contributed by atoms with van der Waals surface area (Å²) in [5, 5.41) is 0. The predicted molar refractivity (Wildman–Crippen MR) is 86.2 cm³/mol. The van der Waals surface area contributed by atoms with E-state index in [1.54, 1.807) is 0 Å². The molecule has 2 aliphatic rings. The summed E-state index contributed by atoms with van der Waals surface area (Å²) in [7, 11) is 0. The molecule has 2 fully saturated rings. The summed E-state index contributed by atoms with van der Waals surface area (Å²) >= 11 is 0. The highest BCUT2D eigenvalue weighted by atomic mass is 15.2. The molecule has 1 saturated carbocycles. The summed E-state index contributed by atoms with van der Waals surface area (Å²) in [5.74, 6) is 0.938. The Labute approximate surface area is 123 Å². The van der Waals surface area contributed by atoms with E-state index in [2.05, 4.69) is 36.9 Å². The number of rotatable bonds is 3. The summed E-state index contributed by atoms with van der Waals surface area (Å²) in [6, 6.07) is 7.97. The van der Waals surface area contributed by atoms with Gasteiger partial charge in [0.2, 0.25) is 0 Å². The van der Waals surface area contributed by atoms with Crippen molar-refractivity contribution in [3.05, 3.63) is 29.3 Å². The van der Waals surface area contributed by atoms with Gasteiger partial charge in [-0.25, -0.2) is 0 Å². The van der Waals surface area contributed by atoms with Crippen LogP contribution in [0.3, 0.4) is 0 Å². The van der Waals surface area contributed by atoms with Crippen LogP contribution >= 0.6 is 0 Å². The Morgan fingerprint density at radius 2 is 2.05 bits per heavy atom. The molecule has 0 aromatic heterocycles. The minimum absolute atomic E-state index is 0.236. The second kappa shape index (κ2) is 5.77. The largest absolute Gasteiger partial charge is 0.368 e. The first-order chi connectivity index (χ1) is 9.65. The maximum atomic E-state index is 6.06. The molecule has 3 atom stereocenters. The molecule has 1 aromatic rings. The first kappa shape index (κ1) is 13.9. The van der Waals surface area contributed by atoms with Crippen LogP contribution in [0.2, 0.25) is 0 Å². The third-order valence-electron chi connectivity index (χ3n) is 5.10. The van der Waals surface area contributed by atoms with Crippen LogP contribution in [-0.2, 0) is 6.42 Å². The lowest BCUT2D eigenvalue weighted by Crippen LogP contribution is -2.35. The van der Waals surface area contributed by atoms with Crippen molar-refractivity contribution in [1.29, 1.82) is 0 Å². The Morgan fingerprint density at radius 3 is 2.85 bits per heavy atom. The smallest absolute Gasteiger partial charge is 0.0402 e. The van der Waals surface area contributed by atoms with Gasteiger partial charge in [0.25, 0.3) is 0 Å². The Hall–Kier alpha value is -1.02. The van der Waals surface area contributed by atoms with E-state index in [-0.39, 0.29) is 6.04 Å². The molecule has 2 N–H and O–H groups in total. The Bertz CT molecular complexity index is 466. The standard InChI is InChI=1S/C18H28N2/c1-13-7-8-18(16(11-13)12-14(2)19)20-10-9-15-5-3-4-6-17(15)20/h7-8,11,14-15,17H,3-6,9-10,12,19H2,1-2H3. The van der Waals surface area contributed by atoms with E-state index in [0.717, 1.165) is 18.4 Å². The van der Waals surface area contributed by atoms with Crippen molar-refractivity contribution in [3.8, 4) is 0 Å². The third kappa shape index (κ3) is 2.71. The second-order valence-corrected chi connectivity index (χ2v) is 6.91. The van der Waals surface area contributed by atoms with Crippen LogP contribution in [0, 0.1) is 12.8 Å². The third-order valence-corrected chi connectivity index (χ3v) is 5.10. The van der Waals surface area contributed by atoms with Crippen molar-refractivity contribution in [2.75, 3.05) is 11.4 Å². The molecule has 1 saturated heterocycles. The molecular formula is C18H28N2. The van der Waals surface area contributed by atoms with E-state index in [1.807, 2.05) is 0 Å². The molecule has 1 aliphatic carbocycles. The van der Waals surface area contributed by atoms with Gasteiger partial charge in [0.05, 0.1) is 0 Å². The van der Waals surface area contributed by atoms with Crippen molar-refractivity contribution >= 4 is 5.69 Å². The first-order valence-corrected chi connectivity index (χ1v) is 8.27. The number of anilines is 1. The molecule has 1 heterocycles. The van der Waals surface area contributed by atoms with Crippen molar-refractivity contribution < 1.29 is 0 Å². The van der Waals surface area contributed by atoms with Crippen LogP contribution in [0.5, 0.6) is 0 Å². The van der Waals surface area contributed by atoms with Crippen molar-refractivity contribution in [2.24, 2.45) is 11.7 Å². The number of fused-ring (bicyclic) bond motifs is 1. The number of nitrogens with zero attached hydrogens (tertiary/aromatic N) is 1. The van der Waals surface area contributed by atoms with Crippen LogP contribution in [-0.4, -0.2) is 18.6 Å². The zero-order valence-electron chi connectivity index (χ0n) is 12.9. The zero-order valence-corrected chi connectivity index (χ0v) is 12.9. The number of hydrogen-bond acceptors (Lipinski definition) is 2. The van der Waals surface area contributed by atoms with Crippen molar-refractivity contribution in [1.82, 2.24) is 0 Å². The highest BCUT2D eigenvalue weighted by molar-refractivity contribution is 5.57. The molecule has 20 heavy (non-hydrogen) atoms. The fraction of sp³-hybridized carbons (Fsp3) is 0.667. The molecule has 3 rings (SSSR count). The monoisotopic (exact) mass is 272 g/mol. The van der Waals surface area contributed by atoms with Gasteiger partial charge in [-0.2, -0.15) is 0 Å². The van der Waals surface area contributed by atoms with Gasteiger partial charge < -0.3 is 10.6 Å². The number of hydrogen-bond donors (Lipinski definition) is 1. The zero-order chi connectivity index (χ0) is 14.1. The lowest BCUT2D eigenvalue weighted by molar-refractivity contribution is 0.342. The van der Waals surface area contributed by atoms with E-state index in [0.29, 0.717) is 0 Å². The Balaban J connectivity index is 1.89. The van der Waals surface area contributed by atoms with Crippen molar-refractivity contribution in [3.63, 3.8) is 0 Å². The Kier molecular flexibility index (Phi) is 4.02. The minimum atomic E-state index is 0.236. The number of benzene rings is 1. The highest BCUT2D eigenvalue weighted by Crippen LogP contribution is 2.40. The second-order valence-electron chi connectivity index (χ2n) is 6.91. The fourth-order valence-corrected chi connectivity index (χ4v) is 4.21. The van der Waals surface area contributed by atoms with Crippen LogP contribution in [0.25, 0.3) is 0 Å². The van der Waals surface area contributed by atoms with Crippen molar-refractivity contribution in [2.45, 2.75) is 64.5 Å². The van der Waals surface area contributed by atoms with Gasteiger partial charge in [-0.05, 0) is 57.1 Å². The maximum absolute atomic E-state index is 6.06. The summed E-state index contributed by atoms with van der Waals surface area (Å²) in [4.78, 5) is 2.70. The maximum Gasteiger partial charge on any atom is 0.0402 e. The topological polar surface area (TPSA) is 29.3 Å². The summed E-state index contributed by atoms with van der Waals surface area (Å²) in [5.41, 5.74) is 10.3. The van der Waals surface area contributed by atoms with Gasteiger partial charge >= 0.3 is 0 Å². The number of aryl methyl sites for hydroxylation is 1. The Morgan fingerprint density at radius 1 is 1.25 bits per heavy atom. The minimum Gasteiger partial charge on any atom is -0.368 e. The van der Waals surface area contributed by atoms with Crippen LogP contribution in [0.4, 0.5) is 5.69 Å². The number of nitrogens with two attached hydrogens (primary N) is 1. The molecule has 3 unspecified atom stereocenters. The molecule has 0 amide bonds. The van der Waals surface area contributed by atoms with Gasteiger partial charge in [-0.1, -0.05) is 30.5 Å². The van der Waals surface area contributed by atoms with E-state index in [1.165, 1.54) is 55.5 Å². The van der Waals surface area contributed by atoms with Crippen LogP contribution in [0.1, 0.15) is 50.2 Å². The average molecular weight is 272 g/mol. The summed E-state index contributed by atoms with van der Waals surface area (Å²) in [6.45, 7) is 5.53. The fourth-order valence-electron chi connectivity index (χ4n) is 4.21. The van der Waals surface area contributed by atoms with E-state index >= 15 is 0 Å². The molecule has 2 heteroatoms. The van der Waals surface area contributed by atoms with E-state index in [4.69, 9.17) is 5.73 Å². The average Bonchev–Trinajstić information content (AvgIpc) is 2.82. The van der Waals surface area contributed by atoms with Crippen LogP contribution < -0.4 is 10.6 Å². The molecule has 2 nitrogen and oxygen atoms in total.